The number of aromatic nitrogens is 4. The summed E-state index contributed by atoms with van der Waals surface area (Å²) in [6.45, 7) is 1.38. The molecule has 2 aromatic heterocycles. The van der Waals surface area contributed by atoms with Crippen LogP contribution in [0, 0.1) is 0 Å². The monoisotopic (exact) mass is 303 g/mol. The van der Waals surface area contributed by atoms with Crippen LogP contribution in [0.5, 0.6) is 0 Å². The van der Waals surface area contributed by atoms with Crippen LogP contribution >= 0.6 is 11.3 Å². The first kappa shape index (κ1) is 12.9. The van der Waals surface area contributed by atoms with Gasteiger partial charge in [-0.1, -0.05) is 0 Å². The van der Waals surface area contributed by atoms with Gasteiger partial charge in [0.15, 0.2) is 10.8 Å². The lowest BCUT2D eigenvalue weighted by Gasteiger charge is -2.06. The average Bonchev–Trinajstić information content (AvgIpc) is 3.19. The summed E-state index contributed by atoms with van der Waals surface area (Å²) in [6.07, 6.45) is 6.58. The molecule has 21 heavy (non-hydrogen) atoms. The fraction of sp³-hybridized carbons (Fsp3) is 0.571. The maximum Gasteiger partial charge on any atom is 0.280 e. The number of fused-ring (bicyclic) bond motifs is 2. The number of hydrogen-bond acceptors (Lipinski definition) is 5. The second kappa shape index (κ2) is 5.22. The van der Waals surface area contributed by atoms with Crippen LogP contribution in [0.3, 0.4) is 0 Å². The van der Waals surface area contributed by atoms with Crippen molar-refractivity contribution in [3.05, 3.63) is 27.2 Å². The molecule has 7 heteroatoms. The van der Waals surface area contributed by atoms with Crippen LogP contribution in [0.2, 0.25) is 0 Å². The van der Waals surface area contributed by atoms with Gasteiger partial charge in [0, 0.05) is 17.8 Å². The third-order valence-corrected chi connectivity index (χ3v) is 5.29. The molecule has 0 bridgehead atoms. The van der Waals surface area contributed by atoms with Crippen LogP contribution in [0.25, 0.3) is 0 Å². The molecule has 0 fully saturated rings. The van der Waals surface area contributed by atoms with Crippen molar-refractivity contribution in [3.8, 4) is 0 Å². The molecular formula is C14H17N5OS. The van der Waals surface area contributed by atoms with Crippen molar-refractivity contribution in [1.29, 1.82) is 0 Å². The lowest BCUT2D eigenvalue weighted by atomic mass is 10.0. The summed E-state index contributed by atoms with van der Waals surface area (Å²) in [4.78, 5) is 18.0. The number of rotatable bonds is 3. The molecule has 2 aliphatic rings. The standard InChI is InChI=1S/C14H17N5OS/c20-13(14-16-9-4-1-2-5-10(9)21-14)15-8-12-18-17-11-6-3-7-19(11)12/h1-8H2,(H,15,20). The Bertz CT molecular complexity index is 666. The molecule has 6 nitrogen and oxygen atoms in total. The normalized spacial score (nSPS) is 16.6. The van der Waals surface area contributed by atoms with E-state index in [0.717, 1.165) is 49.6 Å². The lowest BCUT2D eigenvalue weighted by Crippen LogP contribution is -2.24. The molecule has 0 radical (unpaired) electrons. The van der Waals surface area contributed by atoms with Crippen molar-refractivity contribution in [2.24, 2.45) is 0 Å². The van der Waals surface area contributed by atoms with E-state index in [1.54, 1.807) is 11.3 Å². The second-order valence-corrected chi connectivity index (χ2v) is 6.65. The highest BCUT2D eigenvalue weighted by Crippen LogP contribution is 2.26. The zero-order valence-corrected chi connectivity index (χ0v) is 12.6. The summed E-state index contributed by atoms with van der Waals surface area (Å²) in [5, 5.41) is 11.8. The topological polar surface area (TPSA) is 72.7 Å². The Hall–Kier alpha value is -1.76. The van der Waals surface area contributed by atoms with Crippen LogP contribution in [0.1, 0.15) is 51.3 Å². The largest absolute Gasteiger partial charge is 0.343 e. The highest BCUT2D eigenvalue weighted by atomic mass is 32.1. The first-order chi connectivity index (χ1) is 10.3. The van der Waals surface area contributed by atoms with Crippen molar-refractivity contribution >= 4 is 17.2 Å². The van der Waals surface area contributed by atoms with Gasteiger partial charge < -0.3 is 9.88 Å². The Kier molecular flexibility index (Phi) is 3.21. The Morgan fingerprint density at radius 2 is 2.10 bits per heavy atom. The predicted molar refractivity (Wildman–Crippen MR) is 78.3 cm³/mol. The minimum absolute atomic E-state index is 0.0928. The third-order valence-electron chi connectivity index (χ3n) is 4.13. The van der Waals surface area contributed by atoms with E-state index in [0.29, 0.717) is 11.6 Å². The van der Waals surface area contributed by atoms with E-state index in [1.807, 2.05) is 0 Å². The predicted octanol–water partition coefficient (Wildman–Crippen LogP) is 1.49. The van der Waals surface area contributed by atoms with E-state index in [2.05, 4.69) is 25.1 Å². The summed E-state index contributed by atoms with van der Waals surface area (Å²) in [5.74, 6) is 1.78. The van der Waals surface area contributed by atoms with Gasteiger partial charge in [-0.2, -0.15) is 0 Å². The lowest BCUT2D eigenvalue weighted by molar-refractivity contribution is 0.0949. The SMILES string of the molecule is O=C(NCc1nnc2n1CCC2)c1nc2c(s1)CCCC2. The zero-order chi connectivity index (χ0) is 14.2. The zero-order valence-electron chi connectivity index (χ0n) is 11.8. The number of carbonyl (C=O) groups excluding carboxylic acids is 1. The van der Waals surface area contributed by atoms with Crippen molar-refractivity contribution < 1.29 is 4.79 Å². The second-order valence-electron chi connectivity index (χ2n) is 5.57. The van der Waals surface area contributed by atoms with Crippen molar-refractivity contribution in [3.63, 3.8) is 0 Å². The van der Waals surface area contributed by atoms with E-state index in [9.17, 15) is 4.79 Å². The number of nitrogens with one attached hydrogen (secondary N) is 1. The molecule has 0 spiro atoms. The van der Waals surface area contributed by atoms with Gasteiger partial charge in [0.25, 0.3) is 5.91 Å². The van der Waals surface area contributed by atoms with Crippen molar-refractivity contribution in [2.75, 3.05) is 0 Å². The Morgan fingerprint density at radius 3 is 3.00 bits per heavy atom. The minimum Gasteiger partial charge on any atom is -0.343 e. The van der Waals surface area contributed by atoms with Crippen LogP contribution < -0.4 is 5.32 Å². The Labute approximate surface area is 126 Å². The Balaban J connectivity index is 1.44. The van der Waals surface area contributed by atoms with Gasteiger partial charge in [0.1, 0.15) is 5.82 Å². The first-order valence-electron chi connectivity index (χ1n) is 7.49. The third kappa shape index (κ3) is 2.35. The molecule has 0 saturated carbocycles. The maximum absolute atomic E-state index is 12.2. The van der Waals surface area contributed by atoms with Gasteiger partial charge in [0.2, 0.25) is 0 Å². The van der Waals surface area contributed by atoms with Gasteiger partial charge >= 0.3 is 0 Å². The molecule has 1 aliphatic carbocycles. The van der Waals surface area contributed by atoms with E-state index in [4.69, 9.17) is 0 Å². The fourth-order valence-corrected chi connectivity index (χ4v) is 4.09. The van der Waals surface area contributed by atoms with Gasteiger partial charge in [-0.3, -0.25) is 4.79 Å². The molecule has 0 saturated heterocycles. The fourth-order valence-electron chi connectivity index (χ4n) is 3.03. The summed E-state index contributed by atoms with van der Waals surface area (Å²) in [6, 6.07) is 0. The molecule has 0 aromatic carbocycles. The van der Waals surface area contributed by atoms with Crippen LogP contribution in [0.4, 0.5) is 0 Å². The van der Waals surface area contributed by atoms with Crippen LogP contribution in [-0.2, 0) is 32.4 Å². The Morgan fingerprint density at radius 1 is 1.19 bits per heavy atom. The molecule has 1 N–H and O–H groups in total. The average molecular weight is 303 g/mol. The van der Waals surface area contributed by atoms with Crippen LogP contribution in [0.15, 0.2) is 0 Å². The molecule has 0 unspecified atom stereocenters. The molecule has 110 valence electrons. The van der Waals surface area contributed by atoms with Crippen LogP contribution in [-0.4, -0.2) is 25.7 Å². The highest BCUT2D eigenvalue weighted by molar-refractivity contribution is 7.13. The van der Waals surface area contributed by atoms with Crippen molar-refractivity contribution in [2.45, 2.75) is 51.6 Å². The number of hydrogen-bond donors (Lipinski definition) is 1. The van der Waals surface area contributed by atoms with Gasteiger partial charge in [-0.25, -0.2) is 4.98 Å². The number of amides is 1. The summed E-state index contributed by atoms with van der Waals surface area (Å²) >= 11 is 1.54. The molecule has 2 aromatic rings. The molecule has 1 aliphatic heterocycles. The van der Waals surface area contributed by atoms with Gasteiger partial charge in [-0.05, 0) is 32.1 Å². The highest BCUT2D eigenvalue weighted by Gasteiger charge is 2.21. The molecule has 1 amide bonds. The molecular weight excluding hydrogens is 286 g/mol. The first-order valence-corrected chi connectivity index (χ1v) is 8.30. The van der Waals surface area contributed by atoms with Crippen molar-refractivity contribution in [1.82, 2.24) is 25.1 Å². The van der Waals surface area contributed by atoms with E-state index >= 15 is 0 Å². The smallest absolute Gasteiger partial charge is 0.280 e. The summed E-state index contributed by atoms with van der Waals surface area (Å²) in [7, 11) is 0. The van der Waals surface area contributed by atoms with E-state index in [-0.39, 0.29) is 5.91 Å². The number of thiazole rings is 1. The number of aryl methyl sites for hydroxylation is 3. The number of nitrogens with zero attached hydrogens (tertiary/aromatic N) is 4. The van der Waals surface area contributed by atoms with Gasteiger partial charge in [-0.15, -0.1) is 21.5 Å². The van der Waals surface area contributed by atoms with Gasteiger partial charge in [0.05, 0.1) is 12.2 Å². The summed E-state index contributed by atoms with van der Waals surface area (Å²) < 4.78 is 2.10. The molecule has 0 atom stereocenters. The quantitative estimate of drug-likeness (QED) is 0.932. The molecule has 4 rings (SSSR count). The number of carbonyl (C=O) groups is 1. The van der Waals surface area contributed by atoms with E-state index < -0.39 is 0 Å². The van der Waals surface area contributed by atoms with E-state index in [1.165, 1.54) is 17.7 Å². The minimum atomic E-state index is -0.0928. The maximum atomic E-state index is 12.2. The summed E-state index contributed by atoms with van der Waals surface area (Å²) in [5.41, 5.74) is 1.12. The molecule has 3 heterocycles.